The molecule has 0 aliphatic heterocycles. The molecule has 0 fully saturated rings. The summed E-state index contributed by atoms with van der Waals surface area (Å²) in [6, 6.07) is 25.3. The summed E-state index contributed by atoms with van der Waals surface area (Å²) in [6.45, 7) is 6.61. The fraction of sp³-hybridized carbons (Fsp3) is 0.412. The van der Waals surface area contributed by atoms with Crippen LogP contribution in [-0.4, -0.2) is 32.9 Å². The molecule has 3 aromatic rings. The predicted molar refractivity (Wildman–Crippen MR) is 169 cm³/mol. The smallest absolute Gasteiger partial charge is 0.266 e. The van der Waals surface area contributed by atoms with Crippen LogP contribution in [0.15, 0.2) is 89.8 Å². The quantitative estimate of drug-likeness (QED) is 0.157. The van der Waals surface area contributed by atoms with E-state index >= 15 is 0 Å². The predicted octanol–water partition coefficient (Wildman–Crippen LogP) is 6.62. The van der Waals surface area contributed by atoms with Crippen molar-refractivity contribution in [3.8, 4) is 0 Å². The Balaban J connectivity index is 1.74. The molecular weight excluding hydrogens is 564 g/mol. The van der Waals surface area contributed by atoms with Gasteiger partial charge in [0.1, 0.15) is 11.0 Å². The lowest BCUT2D eigenvalue weighted by Gasteiger charge is -2.33. The summed E-state index contributed by atoms with van der Waals surface area (Å²) in [5.41, 5.74) is 1.17. The van der Waals surface area contributed by atoms with Crippen molar-refractivity contribution in [2.75, 3.05) is 11.9 Å². The average Bonchev–Trinajstić information content (AvgIpc) is 2.98. The largest absolute Gasteiger partial charge is 0.376 e. The van der Waals surface area contributed by atoms with Gasteiger partial charge in [-0.05, 0) is 29.7 Å². The number of sulfonamides is 1. The molecule has 8 nitrogen and oxygen atoms in total. The van der Waals surface area contributed by atoms with Gasteiger partial charge in [0.05, 0.1) is 25.5 Å². The first-order valence-electron chi connectivity index (χ1n) is 14.8. The van der Waals surface area contributed by atoms with Crippen LogP contribution in [-0.2, 0) is 42.3 Å². The number of amides is 2. The van der Waals surface area contributed by atoms with Gasteiger partial charge in [0.25, 0.3) is 15.9 Å². The molecule has 0 heterocycles. The number of ether oxygens (including phenoxy) is 2. The molecule has 0 saturated heterocycles. The minimum atomic E-state index is -4.22. The van der Waals surface area contributed by atoms with Gasteiger partial charge in [-0.3, -0.25) is 9.59 Å². The standard InChI is InChI=1S/C34H44N2O6S/c1-4-5-6-7-14-23-31(37)36-43(39,40)30-22-16-15-21-29(30)35-33(38)32(42-25-28-19-12-9-13-20-28)34(2,3)26-41-24-27-17-10-8-11-18-27/h8-13,15-22,32H,4-7,14,23-26H2,1-3H3,(H,35,38)(H,36,37). The van der Waals surface area contributed by atoms with Crippen molar-refractivity contribution in [1.82, 2.24) is 4.72 Å². The number of unbranched alkanes of at least 4 members (excludes halogenated alkanes) is 4. The minimum absolute atomic E-state index is 0.0602. The summed E-state index contributed by atoms with van der Waals surface area (Å²) in [7, 11) is -4.22. The van der Waals surface area contributed by atoms with Gasteiger partial charge in [-0.15, -0.1) is 0 Å². The van der Waals surface area contributed by atoms with Gasteiger partial charge < -0.3 is 14.8 Å². The van der Waals surface area contributed by atoms with Crippen LogP contribution >= 0.6 is 0 Å². The van der Waals surface area contributed by atoms with Crippen molar-refractivity contribution >= 4 is 27.5 Å². The van der Waals surface area contributed by atoms with E-state index in [1.807, 2.05) is 74.5 Å². The monoisotopic (exact) mass is 608 g/mol. The van der Waals surface area contributed by atoms with E-state index in [1.54, 1.807) is 12.1 Å². The molecule has 232 valence electrons. The SMILES string of the molecule is CCCCCCCC(=O)NS(=O)(=O)c1ccccc1NC(=O)C(OCc1ccccc1)C(C)(C)COCc1ccccc1. The van der Waals surface area contributed by atoms with E-state index in [2.05, 4.69) is 17.0 Å². The molecule has 0 bridgehead atoms. The van der Waals surface area contributed by atoms with Gasteiger partial charge in [0, 0.05) is 11.8 Å². The lowest BCUT2D eigenvalue weighted by atomic mass is 9.86. The van der Waals surface area contributed by atoms with Crippen molar-refractivity contribution in [3.63, 3.8) is 0 Å². The van der Waals surface area contributed by atoms with Crippen molar-refractivity contribution in [2.45, 2.75) is 83.5 Å². The third-order valence-corrected chi connectivity index (χ3v) is 8.41. The van der Waals surface area contributed by atoms with Gasteiger partial charge in [-0.1, -0.05) is 119 Å². The fourth-order valence-corrected chi connectivity index (χ4v) is 5.82. The van der Waals surface area contributed by atoms with Gasteiger partial charge in [-0.2, -0.15) is 0 Å². The van der Waals surface area contributed by atoms with E-state index in [1.165, 1.54) is 12.1 Å². The van der Waals surface area contributed by atoms with Crippen LogP contribution in [0.2, 0.25) is 0 Å². The van der Waals surface area contributed by atoms with Crippen molar-refractivity contribution in [3.05, 3.63) is 96.1 Å². The van der Waals surface area contributed by atoms with Crippen LogP contribution in [0, 0.1) is 5.41 Å². The molecule has 9 heteroatoms. The number of para-hydroxylation sites is 1. The van der Waals surface area contributed by atoms with Gasteiger partial charge in [0.2, 0.25) is 5.91 Å². The molecule has 43 heavy (non-hydrogen) atoms. The zero-order chi connectivity index (χ0) is 31.1. The maximum Gasteiger partial charge on any atom is 0.266 e. The number of hydrogen-bond donors (Lipinski definition) is 2. The van der Waals surface area contributed by atoms with Gasteiger partial charge in [0.15, 0.2) is 0 Å². The first-order chi connectivity index (χ1) is 20.6. The Labute approximate surface area is 256 Å². The van der Waals surface area contributed by atoms with Crippen LogP contribution in [0.1, 0.15) is 70.4 Å². The number of benzene rings is 3. The number of nitrogens with one attached hydrogen (secondary N) is 2. The highest BCUT2D eigenvalue weighted by Crippen LogP contribution is 2.29. The maximum absolute atomic E-state index is 13.8. The second-order valence-corrected chi connectivity index (χ2v) is 13.0. The molecule has 0 aliphatic carbocycles. The molecule has 0 aliphatic rings. The zero-order valence-corrected chi connectivity index (χ0v) is 26.2. The molecule has 2 N–H and O–H groups in total. The normalized spacial score (nSPS) is 12.4. The highest BCUT2D eigenvalue weighted by molar-refractivity contribution is 7.90. The molecule has 0 radical (unpaired) electrons. The summed E-state index contributed by atoms with van der Waals surface area (Å²) in [4.78, 5) is 26.0. The maximum atomic E-state index is 13.8. The number of carbonyl (C=O) groups is 2. The molecule has 0 saturated carbocycles. The van der Waals surface area contributed by atoms with Crippen LogP contribution in [0.25, 0.3) is 0 Å². The molecular formula is C34H44N2O6S. The Hall–Kier alpha value is -3.53. The highest BCUT2D eigenvalue weighted by Gasteiger charge is 2.37. The van der Waals surface area contributed by atoms with Gasteiger partial charge >= 0.3 is 0 Å². The Bertz CT molecular complexity index is 1390. The summed E-state index contributed by atoms with van der Waals surface area (Å²) in [5.74, 6) is -1.09. The number of rotatable bonds is 18. The van der Waals surface area contributed by atoms with Crippen LogP contribution in [0.4, 0.5) is 5.69 Å². The second kappa shape index (κ2) is 16.9. The van der Waals surface area contributed by atoms with Crippen molar-refractivity contribution < 1.29 is 27.5 Å². The topological polar surface area (TPSA) is 111 Å². The summed E-state index contributed by atoms with van der Waals surface area (Å²) < 4.78 is 40.7. The fourth-order valence-electron chi connectivity index (χ4n) is 4.64. The van der Waals surface area contributed by atoms with Crippen LogP contribution in [0.5, 0.6) is 0 Å². The molecule has 0 aromatic heterocycles. The Kier molecular flexibility index (Phi) is 13.4. The molecule has 3 rings (SSSR count). The summed E-state index contributed by atoms with van der Waals surface area (Å²) in [5, 5.41) is 2.76. The van der Waals surface area contributed by atoms with Crippen molar-refractivity contribution in [2.24, 2.45) is 5.41 Å². The zero-order valence-electron chi connectivity index (χ0n) is 25.4. The minimum Gasteiger partial charge on any atom is -0.376 e. The van der Waals surface area contributed by atoms with E-state index in [0.29, 0.717) is 13.0 Å². The van der Waals surface area contributed by atoms with E-state index in [4.69, 9.17) is 9.47 Å². The summed E-state index contributed by atoms with van der Waals surface area (Å²) >= 11 is 0. The third kappa shape index (κ3) is 11.2. The number of hydrogen-bond acceptors (Lipinski definition) is 6. The number of carbonyl (C=O) groups excluding carboxylic acids is 2. The van der Waals surface area contributed by atoms with Crippen LogP contribution < -0.4 is 10.0 Å². The molecule has 0 spiro atoms. The van der Waals surface area contributed by atoms with E-state index in [-0.39, 0.29) is 30.2 Å². The molecule has 1 atom stereocenters. The lowest BCUT2D eigenvalue weighted by molar-refractivity contribution is -0.141. The van der Waals surface area contributed by atoms with E-state index in [0.717, 1.165) is 36.8 Å². The second-order valence-electron chi connectivity index (χ2n) is 11.3. The summed E-state index contributed by atoms with van der Waals surface area (Å²) in [6.07, 6.45) is 3.77. The molecule has 3 aromatic carbocycles. The van der Waals surface area contributed by atoms with Gasteiger partial charge in [-0.25, -0.2) is 13.1 Å². The Morgan fingerprint density at radius 1 is 0.791 bits per heavy atom. The first kappa shape index (κ1) is 34.0. The lowest BCUT2D eigenvalue weighted by Crippen LogP contribution is -2.45. The first-order valence-corrected chi connectivity index (χ1v) is 16.3. The highest BCUT2D eigenvalue weighted by atomic mass is 32.2. The molecule has 2 amide bonds. The van der Waals surface area contributed by atoms with Crippen molar-refractivity contribution in [1.29, 1.82) is 0 Å². The van der Waals surface area contributed by atoms with Crippen LogP contribution in [0.3, 0.4) is 0 Å². The number of anilines is 1. The molecule has 1 unspecified atom stereocenters. The van der Waals surface area contributed by atoms with E-state index < -0.39 is 33.4 Å². The third-order valence-electron chi connectivity index (χ3n) is 6.98. The Morgan fingerprint density at radius 3 is 2.02 bits per heavy atom. The van der Waals surface area contributed by atoms with E-state index in [9.17, 15) is 18.0 Å². The average molecular weight is 609 g/mol. The Morgan fingerprint density at radius 2 is 1.37 bits per heavy atom.